The maximum absolute atomic E-state index is 11.9. The van der Waals surface area contributed by atoms with Gasteiger partial charge < -0.3 is 24.8 Å². The highest BCUT2D eigenvalue weighted by Crippen LogP contribution is 2.33. The van der Waals surface area contributed by atoms with E-state index in [1.54, 1.807) is 27.2 Å². The van der Waals surface area contributed by atoms with Crippen LogP contribution in [0.1, 0.15) is 13.3 Å². The molecule has 0 aliphatic rings. The fraction of sp³-hybridized carbons (Fsp3) is 0.353. The van der Waals surface area contributed by atoms with Crippen molar-refractivity contribution in [1.29, 1.82) is 0 Å². The fourth-order valence-corrected chi connectivity index (χ4v) is 2.84. The van der Waals surface area contributed by atoms with E-state index < -0.39 is 6.09 Å². The van der Waals surface area contributed by atoms with Crippen molar-refractivity contribution >= 4 is 28.5 Å². The van der Waals surface area contributed by atoms with Gasteiger partial charge in [-0.25, -0.2) is 9.78 Å². The van der Waals surface area contributed by atoms with Crippen molar-refractivity contribution in [3.63, 3.8) is 0 Å². The van der Waals surface area contributed by atoms with Crippen LogP contribution >= 0.6 is 11.3 Å². The lowest BCUT2D eigenvalue weighted by molar-refractivity contribution is -0.116. The van der Waals surface area contributed by atoms with Gasteiger partial charge in [0.1, 0.15) is 0 Å². The molecule has 0 atom stereocenters. The van der Waals surface area contributed by atoms with Crippen molar-refractivity contribution in [3.8, 4) is 22.8 Å². The summed E-state index contributed by atoms with van der Waals surface area (Å²) in [6.45, 7) is 2.19. The number of methoxy groups -OCH3 is 2. The van der Waals surface area contributed by atoms with Gasteiger partial charge in [0.05, 0.1) is 26.5 Å². The van der Waals surface area contributed by atoms with Crippen LogP contribution < -0.4 is 20.1 Å². The summed E-state index contributed by atoms with van der Waals surface area (Å²) in [5, 5.41) is 7.52. The van der Waals surface area contributed by atoms with E-state index in [4.69, 9.17) is 14.2 Å². The summed E-state index contributed by atoms with van der Waals surface area (Å²) >= 11 is 1.32. The molecule has 1 heterocycles. The zero-order chi connectivity index (χ0) is 18.9. The lowest BCUT2D eigenvalue weighted by Gasteiger charge is -2.08. The van der Waals surface area contributed by atoms with Gasteiger partial charge in [0.25, 0.3) is 0 Å². The van der Waals surface area contributed by atoms with Gasteiger partial charge in [-0.15, -0.1) is 11.3 Å². The predicted octanol–water partition coefficient (Wildman–Crippen LogP) is 2.90. The monoisotopic (exact) mass is 379 g/mol. The molecule has 0 saturated carbocycles. The van der Waals surface area contributed by atoms with Crippen LogP contribution in [-0.4, -0.2) is 44.4 Å². The first-order valence-electron chi connectivity index (χ1n) is 7.95. The Balaban J connectivity index is 1.93. The third-order valence-corrected chi connectivity index (χ3v) is 4.08. The lowest BCUT2D eigenvalue weighted by Crippen LogP contribution is -2.28. The minimum Gasteiger partial charge on any atom is -0.493 e. The molecule has 0 spiro atoms. The van der Waals surface area contributed by atoms with Crippen LogP contribution in [0.25, 0.3) is 11.3 Å². The van der Waals surface area contributed by atoms with Crippen LogP contribution in [0.5, 0.6) is 11.5 Å². The molecule has 140 valence electrons. The van der Waals surface area contributed by atoms with Gasteiger partial charge in [0, 0.05) is 23.9 Å². The molecule has 9 heteroatoms. The summed E-state index contributed by atoms with van der Waals surface area (Å²) in [6.07, 6.45) is -0.408. The van der Waals surface area contributed by atoms with Gasteiger partial charge in [-0.1, -0.05) is 0 Å². The molecule has 8 nitrogen and oxygen atoms in total. The van der Waals surface area contributed by atoms with E-state index in [-0.39, 0.29) is 25.5 Å². The minimum absolute atomic E-state index is 0.129. The number of aromatic nitrogens is 1. The molecule has 0 unspecified atom stereocenters. The molecule has 2 aromatic rings. The summed E-state index contributed by atoms with van der Waals surface area (Å²) in [6, 6.07) is 5.49. The van der Waals surface area contributed by atoms with Crippen molar-refractivity contribution in [3.05, 3.63) is 23.6 Å². The fourth-order valence-electron chi connectivity index (χ4n) is 2.10. The molecule has 1 aromatic heterocycles. The quantitative estimate of drug-likeness (QED) is 0.732. The number of carbonyl (C=O) groups is 2. The van der Waals surface area contributed by atoms with E-state index in [0.29, 0.717) is 16.6 Å². The molecule has 0 bridgehead atoms. The average molecular weight is 379 g/mol. The second kappa shape index (κ2) is 9.62. The van der Waals surface area contributed by atoms with Gasteiger partial charge in [-0.05, 0) is 25.1 Å². The van der Waals surface area contributed by atoms with Crippen molar-refractivity contribution in [2.45, 2.75) is 13.3 Å². The summed E-state index contributed by atoms with van der Waals surface area (Å²) < 4.78 is 15.2. The number of hydrogen-bond acceptors (Lipinski definition) is 7. The van der Waals surface area contributed by atoms with Crippen LogP contribution in [0.2, 0.25) is 0 Å². The smallest absolute Gasteiger partial charge is 0.407 e. The molecule has 2 rings (SSSR count). The molecule has 0 radical (unpaired) electrons. The summed E-state index contributed by atoms with van der Waals surface area (Å²) in [7, 11) is 3.14. The maximum atomic E-state index is 11.9. The molecule has 26 heavy (non-hydrogen) atoms. The minimum atomic E-state index is -0.537. The first-order chi connectivity index (χ1) is 12.6. The van der Waals surface area contributed by atoms with Gasteiger partial charge in [-0.3, -0.25) is 4.79 Å². The lowest BCUT2D eigenvalue weighted by atomic mass is 10.1. The molecule has 1 aromatic carbocycles. The van der Waals surface area contributed by atoms with Crippen molar-refractivity contribution in [1.82, 2.24) is 10.3 Å². The molecule has 0 aliphatic heterocycles. The van der Waals surface area contributed by atoms with E-state index in [2.05, 4.69) is 15.6 Å². The second-order valence-electron chi connectivity index (χ2n) is 5.05. The Morgan fingerprint density at radius 1 is 1.19 bits per heavy atom. The van der Waals surface area contributed by atoms with E-state index >= 15 is 0 Å². The number of amides is 2. The zero-order valence-electron chi connectivity index (χ0n) is 14.8. The van der Waals surface area contributed by atoms with E-state index in [1.165, 1.54) is 11.3 Å². The Hall–Kier alpha value is -2.81. The number of benzene rings is 1. The first kappa shape index (κ1) is 19.5. The molecule has 0 aliphatic carbocycles. The van der Waals surface area contributed by atoms with Crippen LogP contribution in [0.15, 0.2) is 23.6 Å². The number of hydrogen-bond donors (Lipinski definition) is 2. The summed E-state index contributed by atoms with van der Waals surface area (Å²) in [5.41, 5.74) is 1.57. The number of carbonyl (C=O) groups excluding carboxylic acids is 2. The molecular weight excluding hydrogens is 358 g/mol. The normalized spacial score (nSPS) is 10.1. The summed E-state index contributed by atoms with van der Waals surface area (Å²) in [4.78, 5) is 27.5. The maximum Gasteiger partial charge on any atom is 0.407 e. The number of ether oxygens (including phenoxy) is 3. The molecule has 2 N–H and O–H groups in total. The van der Waals surface area contributed by atoms with Crippen molar-refractivity contribution < 1.29 is 23.8 Å². The largest absolute Gasteiger partial charge is 0.493 e. The number of anilines is 1. The van der Waals surface area contributed by atoms with Crippen molar-refractivity contribution in [2.75, 3.05) is 32.7 Å². The Bertz CT molecular complexity index is 763. The topological polar surface area (TPSA) is 98.8 Å². The molecule has 0 saturated heterocycles. The summed E-state index contributed by atoms with van der Waals surface area (Å²) in [5.74, 6) is 0.998. The van der Waals surface area contributed by atoms with Crippen LogP contribution in [-0.2, 0) is 9.53 Å². The van der Waals surface area contributed by atoms with Crippen molar-refractivity contribution in [2.24, 2.45) is 0 Å². The van der Waals surface area contributed by atoms with Crippen LogP contribution in [0.3, 0.4) is 0 Å². The van der Waals surface area contributed by atoms with Crippen LogP contribution in [0, 0.1) is 0 Å². The van der Waals surface area contributed by atoms with Gasteiger partial charge in [0.2, 0.25) is 5.91 Å². The highest BCUT2D eigenvalue weighted by atomic mass is 32.1. The van der Waals surface area contributed by atoms with E-state index in [0.717, 1.165) is 11.3 Å². The Morgan fingerprint density at radius 2 is 1.96 bits per heavy atom. The Labute approximate surface area is 155 Å². The third-order valence-electron chi connectivity index (χ3n) is 3.33. The molecule has 0 fully saturated rings. The number of rotatable bonds is 8. The second-order valence-corrected chi connectivity index (χ2v) is 5.91. The number of alkyl carbamates (subject to hydrolysis) is 1. The highest BCUT2D eigenvalue weighted by molar-refractivity contribution is 7.14. The highest BCUT2D eigenvalue weighted by Gasteiger charge is 2.11. The number of nitrogens with one attached hydrogen (secondary N) is 2. The molecular formula is C17H21N3O5S. The zero-order valence-corrected chi connectivity index (χ0v) is 15.6. The predicted molar refractivity (Wildman–Crippen MR) is 98.9 cm³/mol. The van der Waals surface area contributed by atoms with E-state index in [9.17, 15) is 9.59 Å². The Kier molecular flexibility index (Phi) is 7.22. The van der Waals surface area contributed by atoms with E-state index in [1.807, 2.05) is 17.5 Å². The number of nitrogens with zero attached hydrogens (tertiary/aromatic N) is 1. The number of thiazole rings is 1. The molecule has 2 amide bonds. The standard InChI is InChI=1S/C17H21N3O5S/c1-4-25-17(22)18-8-7-15(21)20-16-19-12(10-26-16)11-5-6-13(23-2)14(9-11)24-3/h5-6,9-10H,4,7-8H2,1-3H3,(H,18,22)(H,19,20,21). The average Bonchev–Trinajstić information content (AvgIpc) is 3.09. The van der Waals surface area contributed by atoms with Gasteiger partial charge in [-0.2, -0.15) is 0 Å². The Morgan fingerprint density at radius 3 is 2.65 bits per heavy atom. The van der Waals surface area contributed by atoms with Gasteiger partial charge in [0.15, 0.2) is 16.6 Å². The van der Waals surface area contributed by atoms with Crippen LogP contribution in [0.4, 0.5) is 9.93 Å². The SMILES string of the molecule is CCOC(=O)NCCC(=O)Nc1nc(-c2ccc(OC)c(OC)c2)cs1. The first-order valence-corrected chi connectivity index (χ1v) is 8.83. The third kappa shape index (κ3) is 5.35. The van der Waals surface area contributed by atoms with Gasteiger partial charge >= 0.3 is 6.09 Å².